The minimum atomic E-state index is -1.19. The van der Waals surface area contributed by atoms with Gasteiger partial charge >= 0.3 is 5.97 Å². The molecule has 6 heteroatoms. The monoisotopic (exact) mass is 305 g/mol. The summed E-state index contributed by atoms with van der Waals surface area (Å²) in [4.78, 5) is 26.9. The minimum absolute atomic E-state index is 0.164. The Morgan fingerprint density at radius 1 is 1.38 bits per heavy atom. The molecular weight excluding hydrogens is 290 g/mol. The number of thiazole rings is 1. The molecular formula is C15H15NO4S. The number of nitrogens with zero attached hydrogens (tertiary/aromatic N) is 1. The Labute approximate surface area is 126 Å². The molecule has 1 heterocycles. The third-order valence-corrected chi connectivity index (χ3v) is 3.91. The maximum atomic E-state index is 11.5. The van der Waals surface area contributed by atoms with Gasteiger partial charge in [-0.25, -0.2) is 9.78 Å². The summed E-state index contributed by atoms with van der Waals surface area (Å²) in [6.07, 6.45) is 0.902. The van der Waals surface area contributed by atoms with E-state index in [-0.39, 0.29) is 16.4 Å². The summed E-state index contributed by atoms with van der Waals surface area (Å²) in [6, 6.07) is 7.25. The largest absolute Gasteiger partial charge is 0.494 e. The van der Waals surface area contributed by atoms with E-state index in [1.54, 1.807) is 6.07 Å². The average molecular weight is 305 g/mol. The van der Waals surface area contributed by atoms with Crippen molar-refractivity contribution in [1.29, 1.82) is 0 Å². The highest BCUT2D eigenvalue weighted by Gasteiger charge is 2.21. The number of carbonyl (C=O) groups excluding carboxylic acids is 1. The number of carboxylic acid groups (broad SMARTS) is 1. The average Bonchev–Trinajstić information content (AvgIpc) is 2.91. The smallest absolute Gasteiger partial charge is 0.356 e. The van der Waals surface area contributed by atoms with Gasteiger partial charge in [-0.15, -0.1) is 11.3 Å². The van der Waals surface area contributed by atoms with E-state index in [1.165, 1.54) is 6.92 Å². The van der Waals surface area contributed by atoms with Crippen molar-refractivity contribution in [3.05, 3.63) is 34.8 Å². The van der Waals surface area contributed by atoms with E-state index >= 15 is 0 Å². The van der Waals surface area contributed by atoms with Crippen molar-refractivity contribution in [2.75, 3.05) is 6.61 Å². The van der Waals surface area contributed by atoms with Gasteiger partial charge in [0.25, 0.3) is 0 Å². The minimum Gasteiger partial charge on any atom is -0.494 e. The quantitative estimate of drug-likeness (QED) is 0.827. The molecule has 2 aromatic rings. The molecule has 1 N–H and O–H groups in total. The van der Waals surface area contributed by atoms with E-state index in [0.717, 1.165) is 23.3 Å². The lowest BCUT2D eigenvalue weighted by molar-refractivity contribution is 0.0687. The summed E-state index contributed by atoms with van der Waals surface area (Å²) in [7, 11) is 0. The molecule has 0 saturated heterocycles. The van der Waals surface area contributed by atoms with Crippen LogP contribution in [0.2, 0.25) is 0 Å². The molecule has 0 saturated carbocycles. The van der Waals surface area contributed by atoms with Gasteiger partial charge in [-0.1, -0.05) is 19.1 Å². The third kappa shape index (κ3) is 3.46. The van der Waals surface area contributed by atoms with Crippen LogP contribution in [0, 0.1) is 0 Å². The summed E-state index contributed by atoms with van der Waals surface area (Å²) in [5.41, 5.74) is 0.547. The number of ether oxygens (including phenoxy) is 1. The number of aromatic nitrogens is 1. The molecule has 110 valence electrons. The fraction of sp³-hybridized carbons (Fsp3) is 0.267. The van der Waals surface area contributed by atoms with E-state index in [1.807, 2.05) is 25.1 Å². The Morgan fingerprint density at radius 3 is 2.71 bits per heavy atom. The maximum absolute atomic E-state index is 11.5. The van der Waals surface area contributed by atoms with Crippen molar-refractivity contribution >= 4 is 23.1 Å². The number of benzene rings is 1. The number of carboxylic acids is 1. The summed E-state index contributed by atoms with van der Waals surface area (Å²) in [5, 5.41) is 9.61. The van der Waals surface area contributed by atoms with Crippen molar-refractivity contribution in [1.82, 2.24) is 4.98 Å². The van der Waals surface area contributed by atoms with E-state index in [9.17, 15) is 9.59 Å². The van der Waals surface area contributed by atoms with Crippen LogP contribution in [0.4, 0.5) is 0 Å². The van der Waals surface area contributed by atoms with Crippen LogP contribution in [0.1, 0.15) is 40.4 Å². The predicted octanol–water partition coefficient (Wildman–Crippen LogP) is 3.50. The van der Waals surface area contributed by atoms with Gasteiger partial charge in [0.15, 0.2) is 11.5 Å². The molecule has 5 nitrogen and oxygen atoms in total. The van der Waals surface area contributed by atoms with Crippen LogP contribution in [0.25, 0.3) is 10.6 Å². The van der Waals surface area contributed by atoms with Gasteiger partial charge in [-0.2, -0.15) is 0 Å². The van der Waals surface area contributed by atoms with Crippen molar-refractivity contribution in [3.8, 4) is 16.3 Å². The van der Waals surface area contributed by atoms with Gasteiger partial charge in [-0.3, -0.25) is 4.79 Å². The predicted molar refractivity (Wildman–Crippen MR) is 80.3 cm³/mol. The Bertz CT molecular complexity index is 647. The maximum Gasteiger partial charge on any atom is 0.356 e. The van der Waals surface area contributed by atoms with Crippen LogP contribution in [0.15, 0.2) is 24.3 Å². The van der Waals surface area contributed by atoms with Gasteiger partial charge in [0.1, 0.15) is 15.6 Å². The summed E-state index contributed by atoms with van der Waals surface area (Å²) >= 11 is 1.08. The second kappa shape index (κ2) is 6.49. The lowest BCUT2D eigenvalue weighted by Crippen LogP contribution is -2.03. The number of rotatable bonds is 6. The summed E-state index contributed by atoms with van der Waals surface area (Å²) < 4.78 is 5.54. The fourth-order valence-corrected chi connectivity index (χ4v) is 2.71. The molecule has 0 radical (unpaired) electrons. The Morgan fingerprint density at radius 2 is 2.14 bits per heavy atom. The third-order valence-electron chi connectivity index (χ3n) is 2.70. The molecule has 0 bridgehead atoms. The topological polar surface area (TPSA) is 76.5 Å². The second-order valence-corrected chi connectivity index (χ2v) is 5.43. The van der Waals surface area contributed by atoms with Crippen LogP contribution in [-0.2, 0) is 0 Å². The molecule has 21 heavy (non-hydrogen) atoms. The van der Waals surface area contributed by atoms with E-state index in [2.05, 4.69) is 4.98 Å². The Hall–Kier alpha value is -2.21. The molecule has 0 aliphatic carbocycles. The van der Waals surface area contributed by atoms with Gasteiger partial charge in [0.2, 0.25) is 0 Å². The van der Waals surface area contributed by atoms with Crippen molar-refractivity contribution in [3.63, 3.8) is 0 Å². The first-order valence-corrected chi connectivity index (χ1v) is 7.33. The highest BCUT2D eigenvalue weighted by Crippen LogP contribution is 2.30. The van der Waals surface area contributed by atoms with Crippen molar-refractivity contribution < 1.29 is 19.4 Å². The lowest BCUT2D eigenvalue weighted by Gasteiger charge is -2.05. The fourth-order valence-electron chi connectivity index (χ4n) is 1.77. The zero-order valence-electron chi connectivity index (χ0n) is 11.8. The summed E-state index contributed by atoms with van der Waals surface area (Å²) in [6.45, 7) is 3.97. The van der Waals surface area contributed by atoms with Crippen molar-refractivity contribution in [2.24, 2.45) is 0 Å². The standard InChI is InChI=1S/C15H15NO4S/c1-3-7-20-11-6-4-5-10(8-11)14-16-12(15(18)19)13(21-14)9(2)17/h4-6,8H,3,7H2,1-2H3,(H,18,19). The molecule has 0 fully saturated rings. The molecule has 0 spiro atoms. The van der Waals surface area contributed by atoms with Crippen LogP contribution in [0.5, 0.6) is 5.75 Å². The second-order valence-electron chi connectivity index (χ2n) is 4.43. The van der Waals surface area contributed by atoms with E-state index in [4.69, 9.17) is 9.84 Å². The first-order chi connectivity index (χ1) is 10.0. The van der Waals surface area contributed by atoms with Gasteiger partial charge < -0.3 is 9.84 Å². The molecule has 0 amide bonds. The Balaban J connectivity index is 2.40. The van der Waals surface area contributed by atoms with Gasteiger partial charge in [0, 0.05) is 12.5 Å². The number of aromatic carboxylic acids is 1. The molecule has 0 unspecified atom stereocenters. The Kier molecular flexibility index (Phi) is 4.70. The number of Topliss-reactive ketones (excluding diaryl/α,β-unsaturated/α-hetero) is 1. The van der Waals surface area contributed by atoms with E-state index in [0.29, 0.717) is 17.4 Å². The molecule has 0 atom stereocenters. The van der Waals surface area contributed by atoms with Gasteiger partial charge in [-0.05, 0) is 18.6 Å². The first-order valence-electron chi connectivity index (χ1n) is 6.51. The number of hydrogen-bond acceptors (Lipinski definition) is 5. The summed E-state index contributed by atoms with van der Waals surface area (Å²) in [5.74, 6) is -0.790. The number of hydrogen-bond donors (Lipinski definition) is 1. The van der Waals surface area contributed by atoms with Crippen molar-refractivity contribution in [2.45, 2.75) is 20.3 Å². The van der Waals surface area contributed by atoms with E-state index < -0.39 is 5.97 Å². The van der Waals surface area contributed by atoms with Crippen LogP contribution >= 0.6 is 11.3 Å². The van der Waals surface area contributed by atoms with Crippen LogP contribution < -0.4 is 4.74 Å². The molecule has 0 aliphatic heterocycles. The highest BCUT2D eigenvalue weighted by molar-refractivity contribution is 7.17. The van der Waals surface area contributed by atoms with Crippen LogP contribution in [0.3, 0.4) is 0 Å². The van der Waals surface area contributed by atoms with Crippen LogP contribution in [-0.4, -0.2) is 28.4 Å². The molecule has 2 rings (SSSR count). The first kappa shape index (κ1) is 15.2. The number of ketones is 1. The number of carbonyl (C=O) groups is 2. The zero-order chi connectivity index (χ0) is 15.4. The molecule has 1 aromatic carbocycles. The zero-order valence-corrected chi connectivity index (χ0v) is 12.6. The molecule has 0 aliphatic rings. The highest BCUT2D eigenvalue weighted by atomic mass is 32.1. The SMILES string of the molecule is CCCOc1cccc(-c2nc(C(=O)O)c(C(C)=O)s2)c1. The lowest BCUT2D eigenvalue weighted by atomic mass is 10.2. The van der Waals surface area contributed by atoms with Gasteiger partial charge in [0.05, 0.1) is 6.61 Å². The normalized spacial score (nSPS) is 10.4. The molecule has 1 aromatic heterocycles.